The molecule has 6 nitrogen and oxygen atoms in total. The van der Waals surface area contributed by atoms with E-state index < -0.39 is 18.2 Å². The molecule has 12 heavy (non-hydrogen) atoms. The third kappa shape index (κ3) is 2.32. The van der Waals surface area contributed by atoms with Gasteiger partial charge in [-0.15, -0.1) is 0 Å². The molecule has 0 aromatic carbocycles. The van der Waals surface area contributed by atoms with Crippen molar-refractivity contribution in [1.82, 2.24) is 9.44 Å². The van der Waals surface area contributed by atoms with Crippen LogP contribution in [0.25, 0.3) is 0 Å². The molecule has 0 amide bonds. The number of hydrogen-bond acceptors (Lipinski definition) is 5. The number of hydrogen-bond donors (Lipinski definition) is 5. The van der Waals surface area contributed by atoms with E-state index in [4.69, 9.17) is 5.11 Å². The monoisotopic (exact) mass is 194 g/mol. The molecular formula is C5H12N3O3S+. The van der Waals surface area contributed by atoms with Crippen molar-refractivity contribution in [2.75, 3.05) is 0 Å². The molecule has 1 aliphatic heterocycles. The van der Waals surface area contributed by atoms with E-state index in [1.165, 1.54) is 12.1 Å². The van der Waals surface area contributed by atoms with Crippen molar-refractivity contribution >= 4 is 18.1 Å². The smallest absolute Gasteiger partial charge is 0.362 e. The first kappa shape index (κ1) is 9.75. The Morgan fingerprint density at radius 2 is 2.33 bits per heavy atom. The van der Waals surface area contributed by atoms with E-state index in [2.05, 4.69) is 15.2 Å². The summed E-state index contributed by atoms with van der Waals surface area (Å²) < 4.78 is 5.50. The zero-order chi connectivity index (χ0) is 9.14. The molecule has 0 aromatic rings. The van der Waals surface area contributed by atoms with E-state index in [9.17, 15) is 9.90 Å². The van der Waals surface area contributed by atoms with E-state index in [0.29, 0.717) is 6.42 Å². The van der Waals surface area contributed by atoms with E-state index >= 15 is 0 Å². The van der Waals surface area contributed by atoms with Crippen LogP contribution in [0, 0.1) is 0 Å². The second kappa shape index (κ2) is 4.06. The minimum Gasteiger partial charge on any atom is -0.477 e. The molecule has 3 atom stereocenters. The standard InChI is InChI=1S/C5H11N3O3S/c6-2(5(10)11)1-3-4(9)8-12-7-3/h2-4,7-9H,1,6H2,(H,10,11)/p+1/t2-,3?,4?/m0/s1. The molecule has 1 fully saturated rings. The number of rotatable bonds is 3. The van der Waals surface area contributed by atoms with Crippen LogP contribution < -0.4 is 15.2 Å². The van der Waals surface area contributed by atoms with Crippen molar-refractivity contribution in [1.29, 1.82) is 0 Å². The molecule has 0 aromatic heterocycles. The number of nitrogens with one attached hydrogen (secondary N) is 2. The third-order valence-electron chi connectivity index (χ3n) is 1.66. The van der Waals surface area contributed by atoms with Gasteiger partial charge in [0.1, 0.15) is 6.23 Å². The van der Waals surface area contributed by atoms with Crippen molar-refractivity contribution in [3.05, 3.63) is 0 Å². The number of aliphatic hydroxyl groups is 1. The van der Waals surface area contributed by atoms with Crippen LogP contribution in [0.5, 0.6) is 0 Å². The number of carboxylic acids is 1. The Morgan fingerprint density at radius 3 is 2.75 bits per heavy atom. The lowest BCUT2D eigenvalue weighted by atomic mass is 10.1. The summed E-state index contributed by atoms with van der Waals surface area (Å²) in [6.45, 7) is 0. The predicted octanol–water partition coefficient (Wildman–Crippen LogP) is -2.49. The van der Waals surface area contributed by atoms with Crippen molar-refractivity contribution in [2.45, 2.75) is 24.7 Å². The van der Waals surface area contributed by atoms with Crippen LogP contribution in [0.2, 0.25) is 0 Å². The van der Waals surface area contributed by atoms with Gasteiger partial charge in [0, 0.05) is 18.6 Å². The predicted molar refractivity (Wildman–Crippen MR) is 42.6 cm³/mol. The van der Waals surface area contributed by atoms with E-state index in [0.717, 1.165) is 0 Å². The molecule has 7 heteroatoms. The lowest BCUT2D eigenvalue weighted by molar-refractivity contribution is -0.410. The van der Waals surface area contributed by atoms with Gasteiger partial charge in [-0.3, -0.25) is 0 Å². The van der Waals surface area contributed by atoms with E-state index in [1.807, 2.05) is 0 Å². The van der Waals surface area contributed by atoms with Gasteiger partial charge in [0.05, 0.1) is 6.04 Å². The minimum absolute atomic E-state index is 0.242. The summed E-state index contributed by atoms with van der Waals surface area (Å²) in [5.74, 6) is -0.944. The Morgan fingerprint density at radius 1 is 1.67 bits per heavy atom. The number of aliphatic hydroxyl groups excluding tert-OH is 1. The summed E-state index contributed by atoms with van der Waals surface area (Å²) in [6, 6.07) is -0.925. The maximum atomic E-state index is 10.4. The first-order valence-electron chi connectivity index (χ1n) is 3.52. The molecule has 1 saturated heterocycles. The van der Waals surface area contributed by atoms with Crippen LogP contribution in [-0.2, 0) is 4.79 Å². The molecular weight excluding hydrogens is 182 g/mol. The average Bonchev–Trinajstić information content (AvgIpc) is 2.36. The van der Waals surface area contributed by atoms with Crippen LogP contribution in [0.4, 0.5) is 0 Å². The Labute approximate surface area is 73.8 Å². The highest BCUT2D eigenvalue weighted by Crippen LogP contribution is 2.11. The molecule has 0 radical (unpaired) electrons. The molecule has 0 aliphatic carbocycles. The summed E-state index contributed by atoms with van der Waals surface area (Å²) in [5.41, 5.74) is 3.45. The molecule has 7 N–H and O–H groups in total. The zero-order valence-electron chi connectivity index (χ0n) is 6.36. The summed E-state index contributed by atoms with van der Waals surface area (Å²) in [5, 5.41) is 17.7. The minimum atomic E-state index is -0.944. The number of carboxylic acid groups (broad SMARTS) is 1. The molecule has 1 heterocycles. The average molecular weight is 194 g/mol. The molecule has 1 rings (SSSR count). The Hall–Kier alpha value is -0.340. The van der Waals surface area contributed by atoms with Gasteiger partial charge in [0.15, 0.2) is 6.04 Å². The fourth-order valence-corrected chi connectivity index (χ4v) is 1.63. The second-order valence-corrected chi connectivity index (χ2v) is 3.34. The largest absolute Gasteiger partial charge is 0.477 e. The topological polar surface area (TPSA) is 109 Å². The summed E-state index contributed by atoms with van der Waals surface area (Å²) in [4.78, 5) is 10.4. The van der Waals surface area contributed by atoms with Crippen LogP contribution in [0.1, 0.15) is 6.42 Å². The highest BCUT2D eigenvalue weighted by atomic mass is 32.2. The van der Waals surface area contributed by atoms with Gasteiger partial charge in [0.2, 0.25) is 0 Å². The number of aliphatic carboxylic acids is 1. The Kier molecular flexibility index (Phi) is 3.29. The lowest BCUT2D eigenvalue weighted by Gasteiger charge is -2.12. The molecule has 70 valence electrons. The fraction of sp³-hybridized carbons (Fsp3) is 0.800. The van der Waals surface area contributed by atoms with Crippen molar-refractivity contribution < 1.29 is 20.7 Å². The van der Waals surface area contributed by atoms with Crippen molar-refractivity contribution in [3.8, 4) is 0 Å². The van der Waals surface area contributed by atoms with Crippen molar-refractivity contribution in [2.24, 2.45) is 0 Å². The third-order valence-corrected chi connectivity index (χ3v) is 2.44. The molecule has 1 aliphatic rings. The summed E-state index contributed by atoms with van der Waals surface area (Å²) in [7, 11) is 0. The number of carbonyl (C=O) groups is 1. The van der Waals surface area contributed by atoms with E-state index in [1.54, 1.807) is 0 Å². The van der Waals surface area contributed by atoms with Gasteiger partial charge in [-0.2, -0.15) is 0 Å². The van der Waals surface area contributed by atoms with E-state index in [-0.39, 0.29) is 6.04 Å². The van der Waals surface area contributed by atoms with Crippen LogP contribution >= 0.6 is 12.1 Å². The van der Waals surface area contributed by atoms with Crippen molar-refractivity contribution in [3.63, 3.8) is 0 Å². The molecule has 0 spiro atoms. The lowest BCUT2D eigenvalue weighted by Crippen LogP contribution is -2.66. The maximum absolute atomic E-state index is 10.4. The maximum Gasteiger partial charge on any atom is 0.362 e. The van der Waals surface area contributed by atoms with Gasteiger partial charge in [-0.25, -0.2) is 14.2 Å². The molecule has 0 bridgehead atoms. The normalized spacial score (nSPS) is 31.8. The van der Waals surface area contributed by atoms with Gasteiger partial charge in [-0.1, -0.05) is 0 Å². The second-order valence-electron chi connectivity index (χ2n) is 2.66. The summed E-state index contributed by atoms with van der Waals surface area (Å²) >= 11 is 1.17. The number of quaternary nitrogens is 1. The zero-order valence-corrected chi connectivity index (χ0v) is 7.17. The van der Waals surface area contributed by atoms with Gasteiger partial charge >= 0.3 is 5.97 Å². The van der Waals surface area contributed by atoms with Gasteiger partial charge in [0.25, 0.3) is 0 Å². The fourth-order valence-electron chi connectivity index (χ4n) is 0.901. The molecule has 2 unspecified atom stereocenters. The Balaban J connectivity index is 2.35. The van der Waals surface area contributed by atoms with Crippen LogP contribution in [-0.4, -0.2) is 34.5 Å². The highest BCUT2D eigenvalue weighted by Gasteiger charge is 2.30. The highest BCUT2D eigenvalue weighted by molar-refractivity contribution is 7.95. The SMILES string of the molecule is [NH3+][C@@H](CC1NSNC1O)C(=O)O. The summed E-state index contributed by atoms with van der Waals surface area (Å²) in [6.07, 6.45) is -0.380. The quantitative estimate of drug-likeness (QED) is 0.318. The van der Waals surface area contributed by atoms with Crippen LogP contribution in [0.3, 0.4) is 0 Å². The molecule has 0 saturated carbocycles. The first-order chi connectivity index (χ1) is 5.61. The van der Waals surface area contributed by atoms with Gasteiger partial charge in [-0.05, 0) is 0 Å². The van der Waals surface area contributed by atoms with Crippen LogP contribution in [0.15, 0.2) is 0 Å². The Bertz CT molecular complexity index is 179. The van der Waals surface area contributed by atoms with Gasteiger partial charge < -0.3 is 15.9 Å². The first-order valence-corrected chi connectivity index (χ1v) is 4.33.